The first-order chi connectivity index (χ1) is 15.2. The monoisotopic (exact) mass is 431 g/mol. The molecule has 5 N–H and O–H groups in total. The number of pyridine rings is 1. The van der Waals surface area contributed by atoms with Crippen LogP contribution in [0.3, 0.4) is 0 Å². The highest BCUT2D eigenvalue weighted by molar-refractivity contribution is 6.04. The molecule has 1 fully saturated rings. The maximum absolute atomic E-state index is 13.6. The van der Waals surface area contributed by atoms with Gasteiger partial charge in [0.25, 0.3) is 5.91 Å². The first-order valence-corrected chi connectivity index (χ1v) is 10.3. The molecular weight excluding hydrogens is 409 g/mol. The Morgan fingerprint density at radius 1 is 1.16 bits per heavy atom. The molecular formula is C24H22FN5O2. The number of nitrogens with two attached hydrogens (primary N) is 2. The summed E-state index contributed by atoms with van der Waals surface area (Å²) in [5.74, 6) is -0.814. The molecule has 2 aromatic heterocycles. The van der Waals surface area contributed by atoms with E-state index >= 15 is 0 Å². The number of primary amides is 1. The van der Waals surface area contributed by atoms with E-state index in [1.807, 2.05) is 30.3 Å². The molecule has 0 atom stereocenters. The van der Waals surface area contributed by atoms with E-state index in [9.17, 15) is 14.3 Å². The summed E-state index contributed by atoms with van der Waals surface area (Å²) in [6.45, 7) is 1.75. The first-order valence-electron chi connectivity index (χ1n) is 10.3. The van der Waals surface area contributed by atoms with E-state index in [1.54, 1.807) is 23.7 Å². The van der Waals surface area contributed by atoms with Crippen LogP contribution < -0.4 is 11.5 Å². The molecule has 162 valence electrons. The van der Waals surface area contributed by atoms with Crippen molar-refractivity contribution in [2.75, 3.05) is 5.73 Å². The molecule has 0 saturated heterocycles. The highest BCUT2D eigenvalue weighted by Gasteiger charge is 2.41. The normalized spacial score (nSPS) is 20.3. The van der Waals surface area contributed by atoms with E-state index in [1.165, 1.54) is 12.1 Å². The van der Waals surface area contributed by atoms with Crippen LogP contribution in [0, 0.1) is 5.82 Å². The molecule has 1 aliphatic rings. The SMILES string of the molecule is C[C@]1(O)C[C@@H](n2nc(-c3ccc4ccc(-c5cccc(F)c5)nc4c3)c(C(N)=O)c2N)C1. The van der Waals surface area contributed by atoms with Gasteiger partial charge in [0.2, 0.25) is 0 Å². The van der Waals surface area contributed by atoms with Gasteiger partial charge in [-0.15, -0.1) is 0 Å². The van der Waals surface area contributed by atoms with Gasteiger partial charge in [-0.1, -0.05) is 30.3 Å². The minimum Gasteiger partial charge on any atom is -0.390 e. The second-order valence-corrected chi connectivity index (χ2v) is 8.59. The number of carbonyl (C=O) groups is 1. The smallest absolute Gasteiger partial charge is 0.254 e. The minimum atomic E-state index is -0.768. The fourth-order valence-corrected chi connectivity index (χ4v) is 4.37. The molecule has 0 radical (unpaired) electrons. The Balaban J connectivity index is 1.60. The summed E-state index contributed by atoms with van der Waals surface area (Å²) in [4.78, 5) is 16.9. The Morgan fingerprint density at radius 3 is 2.59 bits per heavy atom. The van der Waals surface area contributed by atoms with Gasteiger partial charge in [-0.3, -0.25) is 4.79 Å². The number of aromatic nitrogens is 3. The molecule has 0 bridgehead atoms. The Morgan fingerprint density at radius 2 is 1.91 bits per heavy atom. The van der Waals surface area contributed by atoms with Crippen LogP contribution in [0.5, 0.6) is 0 Å². The third-order valence-electron chi connectivity index (χ3n) is 5.98. The predicted octanol–water partition coefficient (Wildman–Crippen LogP) is 3.67. The number of benzene rings is 2. The van der Waals surface area contributed by atoms with E-state index in [4.69, 9.17) is 11.5 Å². The number of nitrogens with zero attached hydrogens (tertiary/aromatic N) is 3. The predicted molar refractivity (Wildman–Crippen MR) is 120 cm³/mol. The van der Waals surface area contributed by atoms with Gasteiger partial charge in [-0.05, 0) is 44.0 Å². The lowest BCUT2D eigenvalue weighted by atomic mass is 9.77. The second-order valence-electron chi connectivity index (χ2n) is 8.59. The molecule has 2 heterocycles. The van der Waals surface area contributed by atoms with Crippen LogP contribution in [-0.4, -0.2) is 31.4 Å². The van der Waals surface area contributed by atoms with Crippen molar-refractivity contribution in [2.24, 2.45) is 5.73 Å². The zero-order valence-electron chi connectivity index (χ0n) is 17.4. The highest BCUT2D eigenvalue weighted by atomic mass is 19.1. The molecule has 1 saturated carbocycles. The van der Waals surface area contributed by atoms with Gasteiger partial charge in [-0.25, -0.2) is 14.1 Å². The molecule has 4 aromatic rings. The number of carbonyl (C=O) groups excluding carboxylic acids is 1. The van der Waals surface area contributed by atoms with Crippen molar-refractivity contribution in [2.45, 2.75) is 31.4 Å². The van der Waals surface area contributed by atoms with Crippen molar-refractivity contribution in [3.63, 3.8) is 0 Å². The number of aliphatic hydroxyl groups is 1. The molecule has 0 unspecified atom stereocenters. The number of halogens is 1. The summed E-state index contributed by atoms with van der Waals surface area (Å²) in [6.07, 6.45) is 0.986. The summed E-state index contributed by atoms with van der Waals surface area (Å²) in [5.41, 5.74) is 14.2. The standard InChI is InChI=1S/C24H22FN5O2/c1-24(32)11-17(12-24)30-22(26)20(23(27)31)21(29-30)15-6-5-13-7-8-18(28-19(13)10-15)14-3-2-4-16(25)9-14/h2-10,17,32H,11-12,26H2,1H3,(H2,27,31)/t17-,24+. The van der Waals surface area contributed by atoms with Crippen molar-refractivity contribution in [1.29, 1.82) is 0 Å². The average Bonchev–Trinajstić information content (AvgIpc) is 3.08. The number of nitrogen functional groups attached to an aromatic ring is 1. The summed E-state index contributed by atoms with van der Waals surface area (Å²) < 4.78 is 15.2. The van der Waals surface area contributed by atoms with Gasteiger partial charge in [0.05, 0.1) is 22.9 Å². The first kappa shape index (κ1) is 20.1. The fourth-order valence-electron chi connectivity index (χ4n) is 4.37. The van der Waals surface area contributed by atoms with Gasteiger partial charge in [-0.2, -0.15) is 5.10 Å². The molecule has 1 aliphatic carbocycles. The summed E-state index contributed by atoms with van der Waals surface area (Å²) in [5, 5.41) is 15.6. The van der Waals surface area contributed by atoms with Gasteiger partial charge in [0.15, 0.2) is 0 Å². The van der Waals surface area contributed by atoms with Crippen molar-refractivity contribution < 1.29 is 14.3 Å². The van der Waals surface area contributed by atoms with Gasteiger partial charge in [0.1, 0.15) is 22.9 Å². The summed E-state index contributed by atoms with van der Waals surface area (Å²) in [7, 11) is 0. The van der Waals surface area contributed by atoms with Gasteiger partial charge in [0, 0.05) is 16.5 Å². The average molecular weight is 431 g/mol. The molecule has 0 spiro atoms. The quantitative estimate of drug-likeness (QED) is 0.455. The lowest BCUT2D eigenvalue weighted by Crippen LogP contribution is -2.42. The van der Waals surface area contributed by atoms with E-state index in [2.05, 4.69) is 10.1 Å². The van der Waals surface area contributed by atoms with E-state index in [-0.39, 0.29) is 23.2 Å². The number of rotatable bonds is 4. The maximum Gasteiger partial charge on any atom is 0.254 e. The van der Waals surface area contributed by atoms with Crippen LogP contribution in [0.2, 0.25) is 0 Å². The lowest BCUT2D eigenvalue weighted by Gasteiger charge is -2.41. The zero-order chi connectivity index (χ0) is 22.6. The number of amides is 1. The van der Waals surface area contributed by atoms with Crippen molar-refractivity contribution in [3.8, 4) is 22.5 Å². The van der Waals surface area contributed by atoms with Crippen LogP contribution in [0.25, 0.3) is 33.4 Å². The van der Waals surface area contributed by atoms with Crippen LogP contribution in [-0.2, 0) is 0 Å². The molecule has 8 heteroatoms. The summed E-state index contributed by atoms with van der Waals surface area (Å²) >= 11 is 0. The lowest BCUT2D eigenvalue weighted by molar-refractivity contribution is -0.0535. The Labute approximate surface area is 183 Å². The second kappa shape index (κ2) is 7.13. The maximum atomic E-state index is 13.6. The third-order valence-corrected chi connectivity index (χ3v) is 5.98. The number of anilines is 1. The van der Waals surface area contributed by atoms with E-state index in [0.717, 1.165) is 5.39 Å². The van der Waals surface area contributed by atoms with Gasteiger partial charge < -0.3 is 16.6 Å². The minimum absolute atomic E-state index is 0.102. The van der Waals surface area contributed by atoms with E-state index < -0.39 is 11.5 Å². The Kier molecular flexibility index (Phi) is 4.49. The Bertz CT molecular complexity index is 1370. The molecule has 32 heavy (non-hydrogen) atoms. The van der Waals surface area contributed by atoms with Crippen LogP contribution >= 0.6 is 0 Å². The Hall–Kier alpha value is -3.78. The zero-order valence-corrected chi connectivity index (χ0v) is 17.4. The van der Waals surface area contributed by atoms with Gasteiger partial charge >= 0.3 is 0 Å². The van der Waals surface area contributed by atoms with Crippen LogP contribution in [0.1, 0.15) is 36.2 Å². The van der Waals surface area contributed by atoms with Crippen LogP contribution in [0.4, 0.5) is 10.2 Å². The topological polar surface area (TPSA) is 120 Å². The van der Waals surface area contributed by atoms with Crippen LogP contribution in [0.15, 0.2) is 54.6 Å². The molecule has 2 aromatic carbocycles. The number of hydrogen-bond donors (Lipinski definition) is 3. The van der Waals surface area contributed by atoms with Crippen molar-refractivity contribution >= 4 is 22.6 Å². The molecule has 7 nitrogen and oxygen atoms in total. The molecule has 5 rings (SSSR count). The largest absolute Gasteiger partial charge is 0.390 e. The van der Waals surface area contributed by atoms with E-state index in [0.29, 0.717) is 40.9 Å². The summed E-state index contributed by atoms with van der Waals surface area (Å²) in [6, 6.07) is 15.4. The fraction of sp³-hybridized carbons (Fsp3) is 0.208. The number of hydrogen-bond acceptors (Lipinski definition) is 5. The molecule has 1 amide bonds. The van der Waals surface area contributed by atoms with Crippen molar-refractivity contribution in [1.82, 2.24) is 14.8 Å². The van der Waals surface area contributed by atoms with Crippen molar-refractivity contribution in [3.05, 3.63) is 66.0 Å². The third kappa shape index (κ3) is 3.38. The molecule has 0 aliphatic heterocycles. The highest BCUT2D eigenvalue weighted by Crippen LogP contribution is 2.43. The number of fused-ring (bicyclic) bond motifs is 1.